The fourth-order valence-corrected chi connectivity index (χ4v) is 6.58. The van der Waals surface area contributed by atoms with Crippen LogP contribution >= 0.6 is 23.2 Å². The van der Waals surface area contributed by atoms with Gasteiger partial charge in [-0.1, -0.05) is 41.4 Å². The molecule has 1 aliphatic heterocycles. The summed E-state index contributed by atoms with van der Waals surface area (Å²) in [5.41, 5.74) is -0.616. The van der Waals surface area contributed by atoms with Crippen molar-refractivity contribution < 1.29 is 23.1 Å². The van der Waals surface area contributed by atoms with Gasteiger partial charge in [0, 0.05) is 46.5 Å². The van der Waals surface area contributed by atoms with Crippen molar-refractivity contribution in [3.8, 4) is 0 Å². The Morgan fingerprint density at radius 2 is 1.67 bits per heavy atom. The van der Waals surface area contributed by atoms with Crippen LogP contribution in [0.25, 0.3) is 0 Å². The molecule has 0 spiro atoms. The third kappa shape index (κ3) is 5.10. The smallest absolute Gasteiger partial charge is 0.321 e. The number of aliphatic hydroxyl groups is 1. The zero-order chi connectivity index (χ0) is 28.4. The van der Waals surface area contributed by atoms with Crippen LogP contribution in [0.1, 0.15) is 25.0 Å². The predicted octanol–water partition coefficient (Wildman–Crippen LogP) is 4.43. The second-order valence-electron chi connectivity index (χ2n) is 8.74. The maximum Gasteiger partial charge on any atom is 0.321 e. The summed E-state index contributed by atoms with van der Waals surface area (Å²) in [7, 11) is -4.43. The minimum absolute atomic E-state index is 0.0300. The Labute approximate surface area is 237 Å². The first kappa shape index (κ1) is 28.8. The van der Waals surface area contributed by atoms with Gasteiger partial charge >= 0.3 is 6.03 Å². The van der Waals surface area contributed by atoms with Crippen LogP contribution in [0, 0.1) is 0 Å². The van der Waals surface area contributed by atoms with Crippen molar-refractivity contribution >= 4 is 56.5 Å². The van der Waals surface area contributed by atoms with Crippen molar-refractivity contribution in [3.05, 3.63) is 87.9 Å². The van der Waals surface area contributed by atoms with Gasteiger partial charge in [-0.15, -0.1) is 0 Å². The third-order valence-electron chi connectivity index (χ3n) is 6.56. The van der Waals surface area contributed by atoms with Gasteiger partial charge in [0.05, 0.1) is 17.2 Å². The molecule has 1 unspecified atom stereocenters. The largest absolute Gasteiger partial charge is 0.395 e. The lowest BCUT2D eigenvalue weighted by atomic mass is 9.83. The number of urea groups is 1. The molecule has 3 N–H and O–H groups in total. The first-order chi connectivity index (χ1) is 18.6. The van der Waals surface area contributed by atoms with Gasteiger partial charge in [-0.25, -0.2) is 17.5 Å². The number of carbonyl (C=O) groups is 2. The standard InChI is InChI=1S/C27H28Cl2N4O5S/c1-3-32(4-2)26(36)31-19-10-12-20(13-11-19)39(37,38)33-24-14-9-18(28)17-22(24)27(25(33)35,30-15-16-34)21-7-5-6-8-23(21)29/h5-14,17,30,34H,3-4,15-16H2,1-2H3,(H,31,36). The number of carbonyl (C=O) groups excluding carboxylic acids is 2. The van der Waals surface area contributed by atoms with E-state index in [9.17, 15) is 23.1 Å². The van der Waals surface area contributed by atoms with Crippen LogP contribution in [0.4, 0.5) is 16.2 Å². The lowest BCUT2D eigenvalue weighted by molar-refractivity contribution is -0.121. The first-order valence-corrected chi connectivity index (χ1v) is 14.5. The minimum atomic E-state index is -4.43. The van der Waals surface area contributed by atoms with Crippen LogP contribution in [0.3, 0.4) is 0 Å². The van der Waals surface area contributed by atoms with Crippen molar-refractivity contribution in [3.63, 3.8) is 0 Å². The highest BCUT2D eigenvalue weighted by Crippen LogP contribution is 2.49. The van der Waals surface area contributed by atoms with E-state index in [-0.39, 0.29) is 45.4 Å². The van der Waals surface area contributed by atoms with Gasteiger partial charge in [0.1, 0.15) is 0 Å². The molecule has 0 aromatic heterocycles. The number of halogens is 2. The highest BCUT2D eigenvalue weighted by Gasteiger charge is 2.56. The molecule has 3 aromatic rings. The van der Waals surface area contributed by atoms with Crippen LogP contribution in [0.5, 0.6) is 0 Å². The number of hydrogen-bond acceptors (Lipinski definition) is 6. The summed E-state index contributed by atoms with van der Waals surface area (Å²) in [5, 5.41) is 15.9. The first-order valence-electron chi connectivity index (χ1n) is 12.3. The molecule has 1 atom stereocenters. The quantitative estimate of drug-likeness (QED) is 0.339. The molecule has 0 radical (unpaired) electrons. The number of fused-ring (bicyclic) bond motifs is 1. The van der Waals surface area contributed by atoms with E-state index >= 15 is 0 Å². The molecular weight excluding hydrogens is 563 g/mol. The second kappa shape index (κ2) is 11.5. The Morgan fingerprint density at radius 1 is 1.00 bits per heavy atom. The Kier molecular flexibility index (Phi) is 8.53. The molecule has 3 amide bonds. The third-order valence-corrected chi connectivity index (χ3v) is 8.84. The molecule has 39 heavy (non-hydrogen) atoms. The predicted molar refractivity (Wildman–Crippen MR) is 152 cm³/mol. The summed E-state index contributed by atoms with van der Waals surface area (Å²) in [6.07, 6.45) is 0. The number of hydrogen-bond donors (Lipinski definition) is 3. The van der Waals surface area contributed by atoms with Crippen molar-refractivity contribution in [1.82, 2.24) is 10.2 Å². The lowest BCUT2D eigenvalue weighted by Gasteiger charge is -2.31. The number of amides is 3. The molecule has 0 bridgehead atoms. The van der Waals surface area contributed by atoms with Crippen LogP contribution in [0.15, 0.2) is 71.6 Å². The van der Waals surface area contributed by atoms with Crippen LogP contribution < -0.4 is 14.9 Å². The van der Waals surface area contributed by atoms with Gasteiger partial charge in [-0.3, -0.25) is 10.1 Å². The monoisotopic (exact) mass is 590 g/mol. The molecule has 0 saturated heterocycles. The highest BCUT2D eigenvalue weighted by atomic mass is 35.5. The maximum atomic E-state index is 14.3. The number of benzene rings is 3. The fraction of sp³-hybridized carbons (Fsp3) is 0.259. The molecule has 206 valence electrons. The van der Waals surface area contributed by atoms with Crippen LogP contribution in [-0.4, -0.2) is 56.6 Å². The van der Waals surface area contributed by atoms with Crippen molar-refractivity contribution in [1.29, 1.82) is 0 Å². The zero-order valence-corrected chi connectivity index (χ0v) is 23.6. The Hall–Kier alpha value is -3.15. The summed E-state index contributed by atoms with van der Waals surface area (Å²) in [6, 6.07) is 16.3. The maximum absolute atomic E-state index is 14.3. The van der Waals surface area contributed by atoms with Crippen molar-refractivity contribution in [2.45, 2.75) is 24.3 Å². The number of anilines is 2. The summed E-state index contributed by atoms with van der Waals surface area (Å²) < 4.78 is 28.7. The van der Waals surface area contributed by atoms with E-state index in [4.69, 9.17) is 23.2 Å². The molecule has 1 heterocycles. The van der Waals surface area contributed by atoms with E-state index in [1.807, 2.05) is 13.8 Å². The molecule has 1 aliphatic rings. The molecule has 0 saturated carbocycles. The van der Waals surface area contributed by atoms with E-state index in [0.29, 0.717) is 24.3 Å². The number of rotatable bonds is 9. The SMILES string of the molecule is CCN(CC)C(=O)Nc1ccc(S(=O)(=O)N2C(=O)C(NCCO)(c3ccccc3Cl)c3cc(Cl)ccc32)cc1. The minimum Gasteiger partial charge on any atom is -0.395 e. The topological polar surface area (TPSA) is 119 Å². The van der Waals surface area contributed by atoms with E-state index in [2.05, 4.69) is 10.6 Å². The van der Waals surface area contributed by atoms with Gasteiger partial charge in [0.15, 0.2) is 5.54 Å². The lowest BCUT2D eigenvalue weighted by Crippen LogP contribution is -2.53. The molecule has 0 fully saturated rings. The molecule has 4 rings (SSSR count). The van der Waals surface area contributed by atoms with E-state index in [0.717, 1.165) is 4.31 Å². The Bertz CT molecular complexity index is 1500. The van der Waals surface area contributed by atoms with Crippen LogP contribution in [0.2, 0.25) is 10.0 Å². The molecule has 3 aromatic carbocycles. The number of aliphatic hydroxyl groups excluding tert-OH is 1. The summed E-state index contributed by atoms with van der Waals surface area (Å²) in [5.74, 6) is -0.819. The number of nitrogens with one attached hydrogen (secondary N) is 2. The van der Waals surface area contributed by atoms with Crippen molar-refractivity contribution in [2.75, 3.05) is 35.9 Å². The average molecular weight is 592 g/mol. The normalized spacial score (nSPS) is 16.7. The van der Waals surface area contributed by atoms with Crippen LogP contribution in [-0.2, 0) is 20.4 Å². The molecule has 9 nitrogen and oxygen atoms in total. The average Bonchev–Trinajstić information content (AvgIpc) is 3.16. The number of sulfonamides is 1. The highest BCUT2D eigenvalue weighted by molar-refractivity contribution is 7.93. The van der Waals surface area contributed by atoms with E-state index in [1.165, 1.54) is 42.5 Å². The summed E-state index contributed by atoms with van der Waals surface area (Å²) >= 11 is 12.8. The fourth-order valence-electron chi connectivity index (χ4n) is 4.67. The number of nitrogens with zero attached hydrogens (tertiary/aromatic N) is 2. The molecule has 12 heteroatoms. The van der Waals surface area contributed by atoms with Gasteiger partial charge in [0.25, 0.3) is 15.9 Å². The molecule has 0 aliphatic carbocycles. The summed E-state index contributed by atoms with van der Waals surface area (Å²) in [4.78, 5) is 28.1. The zero-order valence-electron chi connectivity index (χ0n) is 21.3. The van der Waals surface area contributed by atoms with Gasteiger partial charge in [-0.2, -0.15) is 0 Å². The van der Waals surface area contributed by atoms with Crippen molar-refractivity contribution in [2.24, 2.45) is 0 Å². The second-order valence-corrected chi connectivity index (χ2v) is 11.4. The van der Waals surface area contributed by atoms with E-state index < -0.39 is 21.5 Å². The summed E-state index contributed by atoms with van der Waals surface area (Å²) in [6.45, 7) is 4.41. The molecular formula is C27H28Cl2N4O5S. The Morgan fingerprint density at radius 3 is 2.28 bits per heavy atom. The van der Waals surface area contributed by atoms with Gasteiger partial charge in [-0.05, 0) is 62.4 Å². The van der Waals surface area contributed by atoms with E-state index in [1.54, 1.807) is 29.2 Å². The van der Waals surface area contributed by atoms with Gasteiger partial charge < -0.3 is 15.3 Å². The Balaban J connectivity index is 1.81. The van der Waals surface area contributed by atoms with Gasteiger partial charge in [0.2, 0.25) is 0 Å².